The second kappa shape index (κ2) is 4.68. The maximum atomic E-state index is 10.9. The summed E-state index contributed by atoms with van der Waals surface area (Å²) < 4.78 is 0. The third-order valence-electron chi connectivity index (χ3n) is 1.91. The number of aromatic nitrogens is 3. The number of aromatic amines is 2. The van der Waals surface area contributed by atoms with Gasteiger partial charge in [-0.25, -0.2) is 4.98 Å². The summed E-state index contributed by atoms with van der Waals surface area (Å²) in [4.78, 5) is 15.0. The number of nitrogens with one attached hydrogen (secondary N) is 2. The zero-order chi connectivity index (χ0) is 11.4. The maximum Gasteiger partial charge on any atom is 0.264 e. The molecule has 0 atom stereocenters. The average Bonchev–Trinajstić information content (AvgIpc) is 2.73. The van der Waals surface area contributed by atoms with Gasteiger partial charge in [0.25, 0.3) is 5.56 Å². The molecule has 0 spiro atoms. The van der Waals surface area contributed by atoms with E-state index in [1.807, 2.05) is 0 Å². The third kappa shape index (κ3) is 2.32. The van der Waals surface area contributed by atoms with Gasteiger partial charge in [0.2, 0.25) is 0 Å². The normalized spacial score (nSPS) is 9.94. The van der Waals surface area contributed by atoms with Crippen molar-refractivity contribution >= 4 is 11.8 Å². The van der Waals surface area contributed by atoms with Crippen molar-refractivity contribution in [3.05, 3.63) is 46.0 Å². The summed E-state index contributed by atoms with van der Waals surface area (Å²) in [6.45, 7) is 0. The molecule has 2 N–H and O–H groups in total. The predicted octanol–water partition coefficient (Wildman–Crippen LogP) is 1.26. The lowest BCUT2D eigenvalue weighted by atomic mass is 10.3. The van der Waals surface area contributed by atoms with Crippen molar-refractivity contribution in [1.29, 1.82) is 5.26 Å². The Kier molecular flexibility index (Phi) is 3.08. The van der Waals surface area contributed by atoms with Gasteiger partial charge in [-0.1, -0.05) is 11.8 Å². The number of nitriles is 1. The number of nitrogens with zero attached hydrogens (tertiary/aromatic N) is 2. The highest BCUT2D eigenvalue weighted by atomic mass is 32.2. The topological polar surface area (TPSA) is 85.3 Å². The van der Waals surface area contributed by atoms with Crippen molar-refractivity contribution in [2.24, 2.45) is 0 Å². The molecule has 0 aliphatic rings. The van der Waals surface area contributed by atoms with Gasteiger partial charge in [-0.15, -0.1) is 0 Å². The van der Waals surface area contributed by atoms with Crippen LogP contribution in [-0.4, -0.2) is 15.2 Å². The van der Waals surface area contributed by atoms with Gasteiger partial charge in [0.1, 0.15) is 11.1 Å². The van der Waals surface area contributed by atoms with Crippen molar-refractivity contribution in [3.8, 4) is 6.07 Å². The number of pyridine rings is 1. The van der Waals surface area contributed by atoms with Crippen molar-refractivity contribution < 1.29 is 0 Å². The average molecular weight is 232 g/mol. The van der Waals surface area contributed by atoms with E-state index in [4.69, 9.17) is 5.26 Å². The molecule has 5 nitrogen and oxygen atoms in total. The first kappa shape index (κ1) is 10.5. The monoisotopic (exact) mass is 232 g/mol. The van der Waals surface area contributed by atoms with Crippen LogP contribution in [0.4, 0.5) is 0 Å². The molecule has 0 aliphatic heterocycles. The fourth-order valence-corrected chi connectivity index (χ4v) is 2.04. The van der Waals surface area contributed by atoms with Crippen LogP contribution in [0.1, 0.15) is 11.3 Å². The van der Waals surface area contributed by atoms with E-state index in [0.717, 1.165) is 5.69 Å². The molecule has 6 heteroatoms. The molecule has 0 amide bonds. The van der Waals surface area contributed by atoms with E-state index < -0.39 is 0 Å². The van der Waals surface area contributed by atoms with E-state index in [2.05, 4.69) is 21.3 Å². The van der Waals surface area contributed by atoms with Gasteiger partial charge in [0.15, 0.2) is 0 Å². The van der Waals surface area contributed by atoms with E-state index in [1.165, 1.54) is 17.8 Å². The molecule has 0 bridgehead atoms. The quantitative estimate of drug-likeness (QED) is 0.780. The largest absolute Gasteiger partial charge is 0.301 e. The van der Waals surface area contributed by atoms with Gasteiger partial charge in [-0.3, -0.25) is 9.89 Å². The van der Waals surface area contributed by atoms with E-state index in [9.17, 15) is 4.79 Å². The Morgan fingerprint density at radius 2 is 2.38 bits per heavy atom. The second-order valence-electron chi connectivity index (χ2n) is 3.04. The summed E-state index contributed by atoms with van der Waals surface area (Å²) in [6, 6.07) is 7.00. The Hall–Kier alpha value is -2.00. The summed E-state index contributed by atoms with van der Waals surface area (Å²) in [5, 5.41) is 14.7. The molecule has 2 rings (SSSR count). The van der Waals surface area contributed by atoms with Gasteiger partial charge in [-0.05, 0) is 12.1 Å². The Morgan fingerprint density at radius 3 is 3.06 bits per heavy atom. The Bertz CT molecular complexity index is 581. The lowest BCUT2D eigenvalue weighted by Gasteiger charge is -2.00. The lowest BCUT2D eigenvalue weighted by Crippen LogP contribution is -1.93. The highest BCUT2D eigenvalue weighted by Gasteiger charge is 2.04. The molecule has 0 radical (unpaired) electrons. The zero-order valence-electron chi connectivity index (χ0n) is 8.23. The molecule has 0 aromatic carbocycles. The molecular formula is C10H8N4OS. The van der Waals surface area contributed by atoms with Crippen LogP contribution in [-0.2, 0) is 5.75 Å². The smallest absolute Gasteiger partial charge is 0.264 e. The highest BCUT2D eigenvalue weighted by Crippen LogP contribution is 2.22. The molecule has 0 saturated carbocycles. The second-order valence-corrected chi connectivity index (χ2v) is 4.00. The van der Waals surface area contributed by atoms with Crippen LogP contribution in [0.3, 0.4) is 0 Å². The van der Waals surface area contributed by atoms with Crippen LogP contribution in [0, 0.1) is 11.3 Å². The molecule has 16 heavy (non-hydrogen) atoms. The third-order valence-corrected chi connectivity index (χ3v) is 2.96. The van der Waals surface area contributed by atoms with Gasteiger partial charge in [0.05, 0.1) is 5.56 Å². The Labute approximate surface area is 95.5 Å². The molecule has 2 aromatic rings. The fourth-order valence-electron chi connectivity index (χ4n) is 1.19. The fraction of sp³-hybridized carbons (Fsp3) is 0.100. The Balaban J connectivity index is 2.11. The number of H-pyrrole nitrogens is 2. The molecular weight excluding hydrogens is 224 g/mol. The zero-order valence-corrected chi connectivity index (χ0v) is 9.04. The van der Waals surface area contributed by atoms with Crippen molar-refractivity contribution in [1.82, 2.24) is 15.2 Å². The van der Waals surface area contributed by atoms with E-state index in [-0.39, 0.29) is 5.56 Å². The van der Waals surface area contributed by atoms with Gasteiger partial charge in [0, 0.05) is 23.7 Å². The van der Waals surface area contributed by atoms with Crippen LogP contribution in [0.15, 0.2) is 34.2 Å². The van der Waals surface area contributed by atoms with E-state index in [0.29, 0.717) is 16.3 Å². The summed E-state index contributed by atoms with van der Waals surface area (Å²) >= 11 is 1.41. The summed E-state index contributed by atoms with van der Waals surface area (Å²) in [5.74, 6) is 0.574. The predicted molar refractivity (Wildman–Crippen MR) is 59.9 cm³/mol. The van der Waals surface area contributed by atoms with Gasteiger partial charge >= 0.3 is 0 Å². The SMILES string of the molecule is N#Cc1cccnc1SCc1cc(=O)[nH][nH]1. The minimum Gasteiger partial charge on any atom is -0.301 e. The number of hydrogen-bond donors (Lipinski definition) is 2. The molecule has 80 valence electrons. The summed E-state index contributed by atoms with van der Waals surface area (Å²) in [5.41, 5.74) is 1.17. The number of thioether (sulfide) groups is 1. The summed E-state index contributed by atoms with van der Waals surface area (Å²) in [6.07, 6.45) is 1.64. The van der Waals surface area contributed by atoms with Crippen LogP contribution in [0.2, 0.25) is 0 Å². The minimum atomic E-state index is -0.155. The summed E-state index contributed by atoms with van der Waals surface area (Å²) in [7, 11) is 0. The molecule has 0 unspecified atom stereocenters. The van der Waals surface area contributed by atoms with Crippen molar-refractivity contribution in [2.45, 2.75) is 10.8 Å². The van der Waals surface area contributed by atoms with Crippen molar-refractivity contribution in [2.75, 3.05) is 0 Å². The van der Waals surface area contributed by atoms with E-state index >= 15 is 0 Å². The van der Waals surface area contributed by atoms with Crippen LogP contribution in [0.25, 0.3) is 0 Å². The molecule has 2 aromatic heterocycles. The molecule has 0 aliphatic carbocycles. The first-order chi connectivity index (χ1) is 7.79. The number of hydrogen-bond acceptors (Lipinski definition) is 4. The number of rotatable bonds is 3. The van der Waals surface area contributed by atoms with Gasteiger partial charge < -0.3 is 5.10 Å². The minimum absolute atomic E-state index is 0.155. The standard InChI is InChI=1S/C10H8N4OS/c11-5-7-2-1-3-12-10(7)16-6-8-4-9(15)14-13-8/h1-4H,6H2,(H2,13,14,15). The van der Waals surface area contributed by atoms with Crippen LogP contribution < -0.4 is 5.56 Å². The Morgan fingerprint density at radius 1 is 1.50 bits per heavy atom. The van der Waals surface area contributed by atoms with Crippen LogP contribution >= 0.6 is 11.8 Å². The molecule has 0 fully saturated rings. The highest BCUT2D eigenvalue weighted by molar-refractivity contribution is 7.98. The molecule has 0 saturated heterocycles. The van der Waals surface area contributed by atoms with Crippen molar-refractivity contribution in [3.63, 3.8) is 0 Å². The van der Waals surface area contributed by atoms with Gasteiger partial charge in [-0.2, -0.15) is 5.26 Å². The molecule has 2 heterocycles. The van der Waals surface area contributed by atoms with E-state index in [1.54, 1.807) is 18.3 Å². The maximum absolute atomic E-state index is 10.9. The first-order valence-electron chi connectivity index (χ1n) is 4.54. The van der Waals surface area contributed by atoms with Crippen LogP contribution in [0.5, 0.6) is 0 Å². The lowest BCUT2D eigenvalue weighted by molar-refractivity contribution is 1.01. The first-order valence-corrected chi connectivity index (χ1v) is 5.52.